The molecule has 0 aromatic heterocycles. The van der Waals surface area contributed by atoms with Gasteiger partial charge in [0.25, 0.3) is 0 Å². The standard InChI is InChI=1S/C33H42N2O2/c1-6-35(7-2)22-12-13-23-37-33-21-19-27(30-16-10-8-14-26(30)3)24-28(33)18-20-32(36)31-17-11-9-15-29(31)25-34(4)5/h8-11,14-21,24H,6-7,12-13,22-23,25H2,1-5H3. The van der Waals surface area contributed by atoms with Gasteiger partial charge in [-0.2, -0.15) is 0 Å². The third kappa shape index (κ3) is 8.41. The normalized spacial score (nSPS) is 11.5. The highest BCUT2D eigenvalue weighted by Gasteiger charge is 2.11. The molecule has 0 radical (unpaired) electrons. The summed E-state index contributed by atoms with van der Waals surface area (Å²) < 4.78 is 6.23. The predicted molar refractivity (Wildman–Crippen MR) is 156 cm³/mol. The zero-order valence-corrected chi connectivity index (χ0v) is 23.2. The Morgan fingerprint density at radius 3 is 2.38 bits per heavy atom. The van der Waals surface area contributed by atoms with Gasteiger partial charge in [-0.25, -0.2) is 0 Å². The molecular formula is C33H42N2O2. The van der Waals surface area contributed by atoms with Gasteiger partial charge in [0.1, 0.15) is 5.75 Å². The number of carbonyl (C=O) groups is 1. The Kier molecular flexibility index (Phi) is 11.1. The fourth-order valence-electron chi connectivity index (χ4n) is 4.53. The maximum Gasteiger partial charge on any atom is 0.186 e. The Hall–Kier alpha value is -3.21. The van der Waals surface area contributed by atoms with Crippen LogP contribution in [0.4, 0.5) is 0 Å². The number of carbonyl (C=O) groups excluding carboxylic acids is 1. The van der Waals surface area contributed by atoms with E-state index in [0.717, 1.165) is 67.0 Å². The van der Waals surface area contributed by atoms with E-state index in [2.05, 4.69) is 67.0 Å². The summed E-state index contributed by atoms with van der Waals surface area (Å²) >= 11 is 0. The van der Waals surface area contributed by atoms with E-state index in [0.29, 0.717) is 6.61 Å². The Morgan fingerprint density at radius 1 is 0.919 bits per heavy atom. The maximum absolute atomic E-state index is 13.2. The number of rotatable bonds is 14. The number of nitrogens with zero attached hydrogens (tertiary/aromatic N) is 2. The van der Waals surface area contributed by atoms with E-state index in [1.807, 2.05) is 50.5 Å². The van der Waals surface area contributed by atoms with Crippen LogP contribution in [0.3, 0.4) is 0 Å². The second-order valence-corrected chi connectivity index (χ2v) is 9.74. The van der Waals surface area contributed by atoms with Gasteiger partial charge < -0.3 is 14.5 Å². The number of unbranched alkanes of at least 4 members (excludes halogenated alkanes) is 1. The Labute approximate surface area is 223 Å². The number of aryl methyl sites for hydroxylation is 1. The molecule has 196 valence electrons. The van der Waals surface area contributed by atoms with Crippen molar-refractivity contribution in [1.82, 2.24) is 9.80 Å². The molecule has 3 aromatic carbocycles. The first-order chi connectivity index (χ1) is 17.9. The summed E-state index contributed by atoms with van der Waals surface area (Å²) in [5.41, 5.74) is 6.21. The highest BCUT2D eigenvalue weighted by atomic mass is 16.5. The number of allylic oxidation sites excluding steroid dienone is 1. The first kappa shape index (κ1) is 28.4. The molecular weight excluding hydrogens is 456 g/mol. The first-order valence-electron chi connectivity index (χ1n) is 13.4. The quantitative estimate of drug-likeness (QED) is 0.135. The summed E-state index contributed by atoms with van der Waals surface area (Å²) in [6.45, 7) is 11.2. The van der Waals surface area contributed by atoms with Gasteiger partial charge in [-0.05, 0) is 100 Å². The summed E-state index contributed by atoms with van der Waals surface area (Å²) in [7, 11) is 4.03. The van der Waals surface area contributed by atoms with E-state index in [1.54, 1.807) is 6.08 Å². The Balaban J connectivity index is 1.82. The van der Waals surface area contributed by atoms with E-state index >= 15 is 0 Å². The summed E-state index contributed by atoms with van der Waals surface area (Å²) in [5, 5.41) is 0. The van der Waals surface area contributed by atoms with Crippen LogP contribution in [-0.2, 0) is 6.54 Å². The van der Waals surface area contributed by atoms with Gasteiger partial charge in [0.05, 0.1) is 6.61 Å². The Morgan fingerprint density at radius 2 is 1.65 bits per heavy atom. The molecule has 4 nitrogen and oxygen atoms in total. The van der Waals surface area contributed by atoms with Crippen molar-refractivity contribution in [2.24, 2.45) is 0 Å². The first-order valence-corrected chi connectivity index (χ1v) is 13.4. The molecule has 0 N–H and O–H groups in total. The Bertz CT molecular complexity index is 1180. The lowest BCUT2D eigenvalue weighted by Gasteiger charge is -2.18. The minimum atomic E-state index is 0.00363. The molecule has 0 bridgehead atoms. The van der Waals surface area contributed by atoms with E-state index in [1.165, 1.54) is 11.1 Å². The van der Waals surface area contributed by atoms with E-state index in [-0.39, 0.29) is 5.78 Å². The van der Waals surface area contributed by atoms with Crippen molar-refractivity contribution in [3.8, 4) is 16.9 Å². The maximum atomic E-state index is 13.2. The van der Waals surface area contributed by atoms with Crippen LogP contribution in [-0.4, -0.2) is 55.9 Å². The summed E-state index contributed by atoms with van der Waals surface area (Å²) in [4.78, 5) is 17.7. The fourth-order valence-corrected chi connectivity index (χ4v) is 4.53. The summed E-state index contributed by atoms with van der Waals surface area (Å²) in [6.07, 6.45) is 5.69. The largest absolute Gasteiger partial charge is 0.493 e. The minimum absolute atomic E-state index is 0.00363. The van der Waals surface area contributed by atoms with Crippen LogP contribution in [0, 0.1) is 6.92 Å². The molecule has 0 unspecified atom stereocenters. The molecule has 0 heterocycles. The van der Waals surface area contributed by atoms with Crippen LogP contribution in [0.5, 0.6) is 5.75 Å². The number of benzene rings is 3. The summed E-state index contributed by atoms with van der Waals surface area (Å²) in [6, 6.07) is 22.5. The summed E-state index contributed by atoms with van der Waals surface area (Å²) in [5.74, 6) is 0.815. The van der Waals surface area contributed by atoms with Gasteiger partial charge in [0, 0.05) is 17.7 Å². The minimum Gasteiger partial charge on any atom is -0.493 e. The molecule has 0 saturated heterocycles. The van der Waals surface area contributed by atoms with Gasteiger partial charge in [0.15, 0.2) is 5.78 Å². The number of hydrogen-bond acceptors (Lipinski definition) is 4. The monoisotopic (exact) mass is 498 g/mol. The molecule has 0 spiro atoms. The molecule has 0 aliphatic heterocycles. The fraction of sp³-hybridized carbons (Fsp3) is 0.364. The lowest BCUT2D eigenvalue weighted by atomic mass is 9.97. The SMILES string of the molecule is CCN(CC)CCCCOc1ccc(-c2ccccc2C)cc1C=CC(=O)c1ccccc1CN(C)C. The molecule has 3 rings (SSSR count). The van der Waals surface area contributed by atoms with Crippen molar-refractivity contribution in [2.45, 2.75) is 40.2 Å². The molecule has 0 aliphatic carbocycles. The second kappa shape index (κ2) is 14.5. The number of ketones is 1. The number of ether oxygens (including phenoxy) is 1. The topological polar surface area (TPSA) is 32.8 Å². The van der Waals surface area contributed by atoms with Gasteiger partial charge in [-0.3, -0.25) is 4.79 Å². The molecule has 37 heavy (non-hydrogen) atoms. The third-order valence-electron chi connectivity index (χ3n) is 6.67. The molecule has 0 fully saturated rings. The van der Waals surface area contributed by atoms with Crippen molar-refractivity contribution < 1.29 is 9.53 Å². The van der Waals surface area contributed by atoms with E-state index in [4.69, 9.17) is 4.74 Å². The van der Waals surface area contributed by atoms with Gasteiger partial charge >= 0.3 is 0 Å². The number of hydrogen-bond donors (Lipinski definition) is 0. The van der Waals surface area contributed by atoms with Crippen LogP contribution in [0.15, 0.2) is 72.8 Å². The van der Waals surface area contributed by atoms with Crippen molar-refractivity contribution >= 4 is 11.9 Å². The van der Waals surface area contributed by atoms with E-state index in [9.17, 15) is 4.79 Å². The molecule has 3 aromatic rings. The predicted octanol–water partition coefficient (Wildman–Crippen LogP) is 7.12. The van der Waals surface area contributed by atoms with Crippen molar-refractivity contribution in [3.63, 3.8) is 0 Å². The van der Waals surface area contributed by atoms with Crippen LogP contribution in [0.2, 0.25) is 0 Å². The van der Waals surface area contributed by atoms with Gasteiger partial charge in [-0.1, -0.05) is 68.4 Å². The van der Waals surface area contributed by atoms with Crippen LogP contribution < -0.4 is 4.74 Å². The zero-order valence-electron chi connectivity index (χ0n) is 23.2. The average molecular weight is 499 g/mol. The van der Waals surface area contributed by atoms with Crippen molar-refractivity contribution in [1.29, 1.82) is 0 Å². The van der Waals surface area contributed by atoms with Gasteiger partial charge in [0.2, 0.25) is 0 Å². The lowest BCUT2D eigenvalue weighted by Crippen LogP contribution is -2.24. The average Bonchev–Trinajstić information content (AvgIpc) is 2.90. The second-order valence-electron chi connectivity index (χ2n) is 9.74. The van der Waals surface area contributed by atoms with Crippen molar-refractivity contribution in [3.05, 3.63) is 95.1 Å². The highest BCUT2D eigenvalue weighted by molar-refractivity contribution is 6.08. The van der Waals surface area contributed by atoms with Crippen LogP contribution in [0.25, 0.3) is 17.2 Å². The van der Waals surface area contributed by atoms with Crippen molar-refractivity contribution in [2.75, 3.05) is 40.3 Å². The van der Waals surface area contributed by atoms with Gasteiger partial charge in [-0.15, -0.1) is 0 Å². The smallest absolute Gasteiger partial charge is 0.186 e. The third-order valence-corrected chi connectivity index (χ3v) is 6.67. The lowest BCUT2D eigenvalue weighted by molar-refractivity contribution is 0.104. The van der Waals surface area contributed by atoms with Crippen LogP contribution >= 0.6 is 0 Å². The molecule has 0 saturated carbocycles. The zero-order chi connectivity index (χ0) is 26.6. The molecule has 4 heteroatoms. The molecule has 0 aliphatic rings. The highest BCUT2D eigenvalue weighted by Crippen LogP contribution is 2.30. The van der Waals surface area contributed by atoms with Crippen LogP contribution in [0.1, 0.15) is 53.7 Å². The van der Waals surface area contributed by atoms with E-state index < -0.39 is 0 Å². The molecule has 0 amide bonds. The molecule has 0 atom stereocenters.